The van der Waals surface area contributed by atoms with E-state index in [0.717, 1.165) is 11.3 Å². The molecule has 0 saturated heterocycles. The van der Waals surface area contributed by atoms with Crippen LogP contribution < -0.4 is 15.4 Å². The molecule has 0 spiro atoms. The Balaban J connectivity index is 1.93. The smallest absolute Gasteiger partial charge is 0.251 e. The molecule has 0 radical (unpaired) electrons. The van der Waals surface area contributed by atoms with Crippen molar-refractivity contribution in [3.8, 4) is 5.88 Å². The zero-order valence-corrected chi connectivity index (χ0v) is 11.5. The first-order chi connectivity index (χ1) is 9.72. The summed E-state index contributed by atoms with van der Waals surface area (Å²) in [4.78, 5) is 16.1. The summed E-state index contributed by atoms with van der Waals surface area (Å²) < 4.78 is 4.98. The number of pyridine rings is 1. The summed E-state index contributed by atoms with van der Waals surface area (Å²) in [6.45, 7) is 0.434. The van der Waals surface area contributed by atoms with Crippen molar-refractivity contribution in [2.75, 3.05) is 19.5 Å². The van der Waals surface area contributed by atoms with Gasteiger partial charge in [0.2, 0.25) is 5.88 Å². The van der Waals surface area contributed by atoms with Crippen molar-refractivity contribution in [2.24, 2.45) is 0 Å². The van der Waals surface area contributed by atoms with E-state index in [-0.39, 0.29) is 5.91 Å². The molecule has 0 aliphatic heterocycles. The molecule has 1 aromatic carbocycles. The summed E-state index contributed by atoms with van der Waals surface area (Å²) in [6.07, 6.45) is 1.68. The topological polar surface area (TPSA) is 63.2 Å². The number of amides is 1. The van der Waals surface area contributed by atoms with E-state index in [1.54, 1.807) is 31.5 Å². The number of hydrogen-bond donors (Lipinski definition) is 2. The van der Waals surface area contributed by atoms with Crippen molar-refractivity contribution in [1.29, 1.82) is 0 Å². The normalized spacial score (nSPS) is 9.90. The molecule has 1 heterocycles. The van der Waals surface area contributed by atoms with Gasteiger partial charge < -0.3 is 15.4 Å². The second kappa shape index (κ2) is 6.56. The van der Waals surface area contributed by atoms with E-state index in [0.29, 0.717) is 18.0 Å². The van der Waals surface area contributed by atoms with Gasteiger partial charge in [0.1, 0.15) is 0 Å². The fourth-order valence-corrected chi connectivity index (χ4v) is 1.71. The van der Waals surface area contributed by atoms with Crippen molar-refractivity contribution in [1.82, 2.24) is 10.3 Å². The molecule has 0 saturated carbocycles. The molecule has 0 aliphatic carbocycles. The van der Waals surface area contributed by atoms with Gasteiger partial charge >= 0.3 is 0 Å². The standard InChI is InChI=1S/C15H17N3O2/c1-16-13-6-4-12(5-7-13)15(19)18-10-11-3-8-14(20-2)17-9-11/h3-9,16H,10H2,1-2H3,(H,18,19). The average molecular weight is 271 g/mol. The van der Waals surface area contributed by atoms with E-state index in [1.165, 1.54) is 0 Å². The molecule has 0 unspecified atom stereocenters. The lowest BCUT2D eigenvalue weighted by atomic mass is 10.2. The number of carbonyl (C=O) groups is 1. The zero-order valence-electron chi connectivity index (χ0n) is 11.5. The Bertz CT molecular complexity index is 565. The van der Waals surface area contributed by atoms with Crippen LogP contribution in [0.5, 0.6) is 5.88 Å². The maximum atomic E-state index is 12.0. The van der Waals surface area contributed by atoms with E-state index in [4.69, 9.17) is 4.74 Å². The van der Waals surface area contributed by atoms with E-state index < -0.39 is 0 Å². The van der Waals surface area contributed by atoms with Gasteiger partial charge in [-0.2, -0.15) is 0 Å². The second-order valence-electron chi connectivity index (χ2n) is 4.22. The van der Waals surface area contributed by atoms with Gasteiger partial charge in [0.15, 0.2) is 0 Å². The number of anilines is 1. The van der Waals surface area contributed by atoms with Gasteiger partial charge in [-0.15, -0.1) is 0 Å². The van der Waals surface area contributed by atoms with Crippen LogP contribution in [-0.4, -0.2) is 25.0 Å². The van der Waals surface area contributed by atoms with Crippen LogP contribution in [0.4, 0.5) is 5.69 Å². The summed E-state index contributed by atoms with van der Waals surface area (Å²) in [5.74, 6) is 0.450. The Morgan fingerprint density at radius 2 is 1.95 bits per heavy atom. The van der Waals surface area contributed by atoms with E-state index >= 15 is 0 Å². The maximum Gasteiger partial charge on any atom is 0.251 e. The van der Waals surface area contributed by atoms with Crippen LogP contribution >= 0.6 is 0 Å². The monoisotopic (exact) mass is 271 g/mol. The Labute approximate surface area is 118 Å². The fourth-order valence-electron chi connectivity index (χ4n) is 1.71. The molecule has 0 aliphatic rings. The Morgan fingerprint density at radius 1 is 1.20 bits per heavy atom. The van der Waals surface area contributed by atoms with Crippen LogP contribution in [0.3, 0.4) is 0 Å². The van der Waals surface area contributed by atoms with E-state index in [9.17, 15) is 4.79 Å². The molecular formula is C15H17N3O2. The second-order valence-corrected chi connectivity index (χ2v) is 4.22. The third-order valence-electron chi connectivity index (χ3n) is 2.90. The number of carbonyl (C=O) groups excluding carboxylic acids is 1. The first kappa shape index (κ1) is 13.9. The quantitative estimate of drug-likeness (QED) is 0.873. The Hall–Kier alpha value is -2.56. The molecule has 5 heteroatoms. The largest absolute Gasteiger partial charge is 0.481 e. The number of aromatic nitrogens is 1. The van der Waals surface area contributed by atoms with Gasteiger partial charge in [0, 0.05) is 37.1 Å². The number of ether oxygens (including phenoxy) is 1. The third-order valence-corrected chi connectivity index (χ3v) is 2.90. The lowest BCUT2D eigenvalue weighted by Crippen LogP contribution is -2.22. The van der Waals surface area contributed by atoms with E-state index in [2.05, 4.69) is 15.6 Å². The van der Waals surface area contributed by atoms with Gasteiger partial charge in [-0.1, -0.05) is 6.07 Å². The summed E-state index contributed by atoms with van der Waals surface area (Å²) >= 11 is 0. The number of rotatable bonds is 5. The molecule has 2 N–H and O–H groups in total. The van der Waals surface area contributed by atoms with Crippen molar-refractivity contribution in [3.63, 3.8) is 0 Å². The summed E-state index contributed by atoms with van der Waals surface area (Å²) in [5.41, 5.74) is 2.53. The number of benzene rings is 1. The van der Waals surface area contributed by atoms with Crippen LogP contribution in [0.15, 0.2) is 42.6 Å². The van der Waals surface area contributed by atoms with Crippen molar-refractivity contribution >= 4 is 11.6 Å². The van der Waals surface area contributed by atoms with Crippen LogP contribution in [-0.2, 0) is 6.54 Å². The van der Waals surface area contributed by atoms with Gasteiger partial charge in [0.05, 0.1) is 7.11 Å². The summed E-state index contributed by atoms with van der Waals surface area (Å²) in [6, 6.07) is 10.9. The first-order valence-corrected chi connectivity index (χ1v) is 6.28. The molecule has 1 amide bonds. The van der Waals surface area contributed by atoms with Crippen LogP contribution in [0.25, 0.3) is 0 Å². The van der Waals surface area contributed by atoms with Crippen molar-refractivity contribution < 1.29 is 9.53 Å². The number of methoxy groups -OCH3 is 1. The fraction of sp³-hybridized carbons (Fsp3) is 0.200. The van der Waals surface area contributed by atoms with Crippen LogP contribution in [0.2, 0.25) is 0 Å². The molecule has 2 rings (SSSR count). The predicted molar refractivity (Wildman–Crippen MR) is 77.9 cm³/mol. The zero-order chi connectivity index (χ0) is 14.4. The van der Waals surface area contributed by atoms with Gasteiger partial charge in [-0.3, -0.25) is 4.79 Å². The Morgan fingerprint density at radius 3 is 2.50 bits per heavy atom. The number of nitrogens with one attached hydrogen (secondary N) is 2. The lowest BCUT2D eigenvalue weighted by molar-refractivity contribution is 0.0951. The minimum atomic E-state index is -0.108. The molecule has 5 nitrogen and oxygen atoms in total. The highest BCUT2D eigenvalue weighted by Gasteiger charge is 2.05. The molecule has 0 atom stereocenters. The van der Waals surface area contributed by atoms with E-state index in [1.807, 2.05) is 25.2 Å². The molecule has 2 aromatic rings. The van der Waals surface area contributed by atoms with Gasteiger partial charge in [-0.25, -0.2) is 4.98 Å². The summed E-state index contributed by atoms with van der Waals surface area (Å²) in [5, 5.41) is 5.86. The minimum absolute atomic E-state index is 0.108. The van der Waals surface area contributed by atoms with Crippen LogP contribution in [0.1, 0.15) is 15.9 Å². The van der Waals surface area contributed by atoms with Crippen molar-refractivity contribution in [3.05, 3.63) is 53.7 Å². The number of nitrogens with zero attached hydrogens (tertiary/aromatic N) is 1. The average Bonchev–Trinajstić information content (AvgIpc) is 2.53. The molecular weight excluding hydrogens is 254 g/mol. The molecule has 1 aromatic heterocycles. The molecule has 104 valence electrons. The first-order valence-electron chi connectivity index (χ1n) is 6.28. The highest BCUT2D eigenvalue weighted by Crippen LogP contribution is 2.09. The van der Waals surface area contributed by atoms with Gasteiger partial charge in [0.25, 0.3) is 5.91 Å². The van der Waals surface area contributed by atoms with Crippen molar-refractivity contribution in [2.45, 2.75) is 6.54 Å². The van der Waals surface area contributed by atoms with Gasteiger partial charge in [-0.05, 0) is 29.8 Å². The molecule has 0 fully saturated rings. The maximum absolute atomic E-state index is 12.0. The minimum Gasteiger partial charge on any atom is -0.481 e. The highest BCUT2D eigenvalue weighted by atomic mass is 16.5. The number of hydrogen-bond acceptors (Lipinski definition) is 4. The third kappa shape index (κ3) is 3.47. The predicted octanol–water partition coefficient (Wildman–Crippen LogP) is 2.06. The highest BCUT2D eigenvalue weighted by molar-refractivity contribution is 5.94. The van der Waals surface area contributed by atoms with Crippen LogP contribution in [0, 0.1) is 0 Å². The SMILES string of the molecule is CNc1ccc(C(=O)NCc2ccc(OC)nc2)cc1. The Kier molecular flexibility index (Phi) is 4.55. The molecule has 0 bridgehead atoms. The summed E-state index contributed by atoms with van der Waals surface area (Å²) in [7, 11) is 3.41. The lowest BCUT2D eigenvalue weighted by Gasteiger charge is -2.06. The molecule has 20 heavy (non-hydrogen) atoms.